The normalized spacial score (nSPS) is 12.6. The smallest absolute Gasteiger partial charge is 0.258 e. The van der Waals surface area contributed by atoms with Gasteiger partial charge < -0.3 is 20.1 Å². The predicted molar refractivity (Wildman–Crippen MR) is 147 cm³/mol. The summed E-state index contributed by atoms with van der Waals surface area (Å²) in [4.78, 5) is 43.3. The Hall–Kier alpha value is -5.10. The molecule has 0 fully saturated rings. The third-order valence-electron chi connectivity index (χ3n) is 6.19. The number of imidazole rings is 1. The first-order valence-electron chi connectivity index (χ1n) is 12.3. The number of rotatable bonds is 5. The molecule has 0 radical (unpaired) electrons. The fourth-order valence-corrected chi connectivity index (χ4v) is 5.06. The molecule has 0 saturated carbocycles. The summed E-state index contributed by atoms with van der Waals surface area (Å²) in [6.45, 7) is 0.266. The maximum Gasteiger partial charge on any atom is 0.258 e. The lowest BCUT2D eigenvalue weighted by Gasteiger charge is -2.13. The first-order valence-corrected chi connectivity index (χ1v) is 13.2. The molecular weight excluding hydrogens is 530 g/mol. The highest BCUT2D eigenvalue weighted by atomic mass is 32.1. The number of hydrogen-bond acceptors (Lipinski definition) is 9. The van der Waals surface area contributed by atoms with Crippen LogP contribution in [-0.4, -0.2) is 50.0 Å². The van der Waals surface area contributed by atoms with Crippen molar-refractivity contribution < 1.29 is 19.1 Å². The summed E-state index contributed by atoms with van der Waals surface area (Å²) in [5.74, 6) is 1.01. The Kier molecular flexibility index (Phi) is 6.89. The molecule has 11 nitrogen and oxygen atoms in total. The summed E-state index contributed by atoms with van der Waals surface area (Å²) >= 11 is 1.44. The van der Waals surface area contributed by atoms with E-state index in [-0.39, 0.29) is 31.5 Å². The average molecular weight is 554 g/mol. The Labute approximate surface area is 232 Å². The Morgan fingerprint density at radius 3 is 2.95 bits per heavy atom. The number of carbonyl (C=O) groups excluding carboxylic acids is 2. The van der Waals surface area contributed by atoms with Crippen molar-refractivity contribution in [2.75, 3.05) is 13.7 Å². The van der Waals surface area contributed by atoms with E-state index < -0.39 is 0 Å². The van der Waals surface area contributed by atoms with Crippen molar-refractivity contribution in [2.45, 2.75) is 13.1 Å². The van der Waals surface area contributed by atoms with Gasteiger partial charge in [0.15, 0.2) is 18.1 Å². The van der Waals surface area contributed by atoms with Crippen molar-refractivity contribution in [1.82, 2.24) is 35.1 Å². The molecule has 2 aromatic carbocycles. The minimum atomic E-state index is -0.303. The maximum atomic E-state index is 13.3. The maximum absolute atomic E-state index is 13.3. The van der Waals surface area contributed by atoms with Gasteiger partial charge in [0, 0.05) is 53.5 Å². The van der Waals surface area contributed by atoms with Gasteiger partial charge >= 0.3 is 0 Å². The van der Waals surface area contributed by atoms with Crippen LogP contribution in [0.25, 0.3) is 27.8 Å². The predicted octanol–water partition coefficient (Wildman–Crippen LogP) is 3.40. The van der Waals surface area contributed by atoms with Crippen LogP contribution in [0.1, 0.15) is 21.6 Å². The summed E-state index contributed by atoms with van der Waals surface area (Å²) in [5.41, 5.74) is 4.07. The zero-order valence-corrected chi connectivity index (χ0v) is 22.1. The van der Waals surface area contributed by atoms with Crippen LogP contribution in [0.4, 0.5) is 0 Å². The minimum Gasteiger partial charge on any atom is -0.493 e. The number of carbonyl (C=O) groups is 2. The lowest BCUT2D eigenvalue weighted by atomic mass is 10.1. The van der Waals surface area contributed by atoms with Gasteiger partial charge in [-0.05, 0) is 42.0 Å². The lowest BCUT2D eigenvalue weighted by Crippen LogP contribution is -2.29. The highest BCUT2D eigenvalue weighted by Gasteiger charge is 2.17. The molecule has 0 unspecified atom stereocenters. The van der Waals surface area contributed by atoms with Crippen molar-refractivity contribution in [3.8, 4) is 39.3 Å². The summed E-state index contributed by atoms with van der Waals surface area (Å²) < 4.78 is 13.0. The number of nitrogens with one attached hydrogen (secondary N) is 2. The number of fused-ring (bicyclic) bond motifs is 7. The van der Waals surface area contributed by atoms with Gasteiger partial charge in [-0.15, -0.1) is 11.3 Å². The molecule has 200 valence electrons. The van der Waals surface area contributed by atoms with E-state index >= 15 is 0 Å². The molecule has 0 atom stereocenters. The third kappa shape index (κ3) is 5.24. The van der Waals surface area contributed by atoms with E-state index in [1.54, 1.807) is 56.2 Å². The monoisotopic (exact) mass is 553 g/mol. The lowest BCUT2D eigenvalue weighted by molar-refractivity contribution is -0.123. The van der Waals surface area contributed by atoms with Gasteiger partial charge in [-0.25, -0.2) is 9.97 Å². The third-order valence-corrected chi connectivity index (χ3v) is 7.11. The second-order valence-corrected chi connectivity index (χ2v) is 9.72. The number of aromatic nitrogens is 5. The van der Waals surface area contributed by atoms with Crippen LogP contribution < -0.4 is 20.1 Å². The van der Waals surface area contributed by atoms with E-state index in [4.69, 9.17) is 9.47 Å². The number of methoxy groups -OCH3 is 1. The van der Waals surface area contributed by atoms with Crippen LogP contribution in [0.2, 0.25) is 0 Å². The van der Waals surface area contributed by atoms with Crippen LogP contribution in [0.3, 0.4) is 0 Å². The fourth-order valence-electron chi connectivity index (χ4n) is 4.28. The van der Waals surface area contributed by atoms with Crippen LogP contribution in [0.5, 0.6) is 11.5 Å². The molecule has 4 heterocycles. The van der Waals surface area contributed by atoms with E-state index in [2.05, 4.69) is 30.6 Å². The molecule has 0 aliphatic carbocycles. The van der Waals surface area contributed by atoms with Gasteiger partial charge in [0.25, 0.3) is 11.8 Å². The number of amides is 2. The van der Waals surface area contributed by atoms with E-state index in [0.717, 1.165) is 21.8 Å². The summed E-state index contributed by atoms with van der Waals surface area (Å²) in [6.07, 6.45) is 8.38. The van der Waals surface area contributed by atoms with Crippen molar-refractivity contribution >= 4 is 23.2 Å². The molecule has 5 aromatic rings. The number of thiazole rings is 1. The molecular formula is C28H23N7O4S. The zero-order valence-electron chi connectivity index (χ0n) is 21.3. The first kappa shape index (κ1) is 25.2. The van der Waals surface area contributed by atoms with Gasteiger partial charge in [-0.1, -0.05) is 0 Å². The minimum absolute atomic E-state index is 0.189. The quantitative estimate of drug-likeness (QED) is 0.338. The van der Waals surface area contributed by atoms with Gasteiger partial charge in [0.05, 0.1) is 25.5 Å². The Morgan fingerprint density at radius 1 is 1.18 bits per heavy atom. The molecule has 1 aliphatic rings. The van der Waals surface area contributed by atoms with Crippen molar-refractivity contribution in [2.24, 2.45) is 0 Å². The van der Waals surface area contributed by atoms with E-state index in [1.165, 1.54) is 11.3 Å². The molecule has 0 spiro atoms. The second kappa shape index (κ2) is 10.9. The molecule has 6 rings (SSSR count). The van der Waals surface area contributed by atoms with Gasteiger partial charge in [-0.3, -0.25) is 24.1 Å². The standard InChI is InChI=1S/C28H23N7O4S/c1-38-23-3-2-18-11-24(23)39-15-25(36)32-12-17-8-19(10-21(9-17)35-7-6-31-26(18)35)27(37)33-13-20-16-40-28(34-20)22-14-29-4-5-30-22/h2-11,14,16H,12-13,15H2,1H3,(H,32,36)(H,33,37). The number of benzene rings is 2. The molecule has 2 amide bonds. The van der Waals surface area contributed by atoms with Crippen LogP contribution in [0.15, 0.2) is 72.8 Å². The number of hydrogen-bond donors (Lipinski definition) is 2. The van der Waals surface area contributed by atoms with Crippen molar-refractivity contribution in [3.05, 3.63) is 89.6 Å². The highest BCUT2D eigenvalue weighted by Crippen LogP contribution is 2.33. The summed E-state index contributed by atoms with van der Waals surface area (Å²) in [6, 6.07) is 10.9. The fraction of sp³-hybridized carbons (Fsp3) is 0.143. The topological polar surface area (TPSA) is 133 Å². The van der Waals surface area contributed by atoms with Gasteiger partial charge in [0.1, 0.15) is 16.5 Å². The average Bonchev–Trinajstić information content (AvgIpc) is 3.68. The zero-order chi connectivity index (χ0) is 27.5. The van der Waals surface area contributed by atoms with Crippen LogP contribution in [0, 0.1) is 0 Å². The van der Waals surface area contributed by atoms with E-state index in [9.17, 15) is 9.59 Å². The Bertz CT molecular complexity index is 1700. The molecule has 1 aliphatic heterocycles. The summed E-state index contributed by atoms with van der Waals surface area (Å²) in [7, 11) is 1.54. The van der Waals surface area contributed by atoms with Crippen LogP contribution in [-0.2, 0) is 17.9 Å². The number of nitrogens with zero attached hydrogens (tertiary/aromatic N) is 5. The van der Waals surface area contributed by atoms with Crippen molar-refractivity contribution in [3.63, 3.8) is 0 Å². The molecule has 3 aromatic heterocycles. The summed E-state index contributed by atoms with van der Waals surface area (Å²) in [5, 5.41) is 8.41. The van der Waals surface area contributed by atoms with Gasteiger partial charge in [-0.2, -0.15) is 0 Å². The first-order chi connectivity index (χ1) is 19.6. The molecule has 4 bridgehead atoms. The SMILES string of the molecule is COc1ccc2cc1OCC(=O)NCc1cc(C(=O)NCc3csc(-c4cnccn4)n3)cc(c1)-n1ccnc1-2. The van der Waals surface area contributed by atoms with Crippen LogP contribution >= 0.6 is 11.3 Å². The molecule has 2 N–H and O–H groups in total. The molecule has 12 heteroatoms. The van der Waals surface area contributed by atoms with E-state index in [0.29, 0.717) is 34.3 Å². The van der Waals surface area contributed by atoms with E-state index in [1.807, 2.05) is 28.3 Å². The largest absolute Gasteiger partial charge is 0.493 e. The molecule has 40 heavy (non-hydrogen) atoms. The second-order valence-electron chi connectivity index (χ2n) is 8.86. The molecule has 0 saturated heterocycles. The number of ether oxygens (including phenoxy) is 2. The Morgan fingerprint density at radius 2 is 2.10 bits per heavy atom. The highest BCUT2D eigenvalue weighted by molar-refractivity contribution is 7.13. The van der Waals surface area contributed by atoms with Crippen molar-refractivity contribution in [1.29, 1.82) is 0 Å². The van der Waals surface area contributed by atoms with Gasteiger partial charge in [0.2, 0.25) is 0 Å². The Balaban J connectivity index is 1.30.